The van der Waals surface area contributed by atoms with Gasteiger partial charge < -0.3 is 10.4 Å². The van der Waals surface area contributed by atoms with Crippen molar-refractivity contribution < 1.29 is 36.6 Å². The molecule has 1 aromatic heterocycles. The number of aromatic nitrogens is 1. The van der Waals surface area contributed by atoms with Crippen LogP contribution in [0.5, 0.6) is 0 Å². The van der Waals surface area contributed by atoms with Crippen LogP contribution in [0.25, 0.3) is 10.9 Å². The second-order valence-electron chi connectivity index (χ2n) is 6.49. The fourth-order valence-corrected chi connectivity index (χ4v) is 3.39. The fourth-order valence-electron chi connectivity index (χ4n) is 2.94. The lowest BCUT2D eigenvalue weighted by molar-refractivity contribution is -0.139. The van der Waals surface area contributed by atoms with E-state index in [1.807, 2.05) is 5.32 Å². The predicted octanol–water partition coefficient (Wildman–Crippen LogP) is 4.72. The number of alkyl halides is 3. The van der Waals surface area contributed by atoms with Crippen LogP contribution in [0, 0.1) is 11.6 Å². The van der Waals surface area contributed by atoms with Crippen LogP contribution >= 0.6 is 15.9 Å². The first kappa shape index (κ1) is 22.6. The van der Waals surface area contributed by atoms with Gasteiger partial charge in [-0.1, -0.05) is 12.1 Å². The summed E-state index contributed by atoms with van der Waals surface area (Å²) >= 11 is 3.17. The number of nitrogens with one attached hydrogen (secondary N) is 1. The first-order valence-electron chi connectivity index (χ1n) is 8.61. The maximum Gasteiger partial charge on any atom is 0.417 e. The van der Waals surface area contributed by atoms with E-state index in [0.29, 0.717) is 10.7 Å². The van der Waals surface area contributed by atoms with Gasteiger partial charge in [-0.25, -0.2) is 13.6 Å². The van der Waals surface area contributed by atoms with Gasteiger partial charge >= 0.3 is 12.1 Å². The van der Waals surface area contributed by atoms with Crippen molar-refractivity contribution in [1.82, 2.24) is 10.3 Å². The number of hydrogen-bond acceptors (Lipinski definition) is 3. The highest BCUT2D eigenvalue weighted by Crippen LogP contribution is 2.33. The van der Waals surface area contributed by atoms with Gasteiger partial charge in [-0.05, 0) is 45.8 Å². The Morgan fingerprint density at radius 1 is 1.13 bits per heavy atom. The third-order valence-corrected chi connectivity index (χ3v) is 5.08. The number of halogens is 6. The van der Waals surface area contributed by atoms with Crippen molar-refractivity contribution in [3.05, 3.63) is 75.4 Å². The number of fused-ring (bicyclic) bond motifs is 1. The predicted molar refractivity (Wildman–Crippen MR) is 103 cm³/mol. The Labute approximate surface area is 180 Å². The van der Waals surface area contributed by atoms with Crippen molar-refractivity contribution in [1.29, 1.82) is 0 Å². The van der Waals surface area contributed by atoms with Gasteiger partial charge in [-0.2, -0.15) is 13.2 Å². The number of hydrogen-bond donors (Lipinski definition) is 2. The van der Waals surface area contributed by atoms with Crippen LogP contribution in [0.15, 0.2) is 47.1 Å². The average Bonchev–Trinajstić information content (AvgIpc) is 2.68. The summed E-state index contributed by atoms with van der Waals surface area (Å²) in [6, 6.07) is 4.69. The van der Waals surface area contributed by atoms with Crippen molar-refractivity contribution in [3.8, 4) is 0 Å². The number of carboxylic acids is 1. The van der Waals surface area contributed by atoms with Crippen molar-refractivity contribution in [2.24, 2.45) is 0 Å². The molecule has 0 saturated heterocycles. The number of carbonyl (C=O) groups is 2. The number of amides is 1. The molecular weight excluding hydrogens is 491 g/mol. The molecule has 162 valence electrons. The minimum absolute atomic E-state index is 0.0155. The van der Waals surface area contributed by atoms with Gasteiger partial charge in [0.05, 0.1) is 11.1 Å². The largest absolute Gasteiger partial charge is 0.480 e. The van der Waals surface area contributed by atoms with Crippen molar-refractivity contribution in [2.75, 3.05) is 0 Å². The van der Waals surface area contributed by atoms with Crippen LogP contribution in [-0.2, 0) is 17.4 Å². The minimum Gasteiger partial charge on any atom is -0.480 e. The van der Waals surface area contributed by atoms with Crippen LogP contribution < -0.4 is 5.32 Å². The number of carboxylic acid groups (broad SMARTS) is 1. The highest BCUT2D eigenvalue weighted by molar-refractivity contribution is 9.10. The topological polar surface area (TPSA) is 79.3 Å². The lowest BCUT2D eigenvalue weighted by Gasteiger charge is -2.17. The second-order valence-corrected chi connectivity index (χ2v) is 7.34. The molecule has 3 rings (SSSR count). The summed E-state index contributed by atoms with van der Waals surface area (Å²) < 4.78 is 67.3. The Kier molecular flexibility index (Phi) is 6.25. The highest BCUT2D eigenvalue weighted by atomic mass is 79.9. The number of carbonyl (C=O) groups excluding carboxylic acids is 1. The molecule has 2 N–H and O–H groups in total. The summed E-state index contributed by atoms with van der Waals surface area (Å²) in [5, 5.41) is 11.5. The van der Waals surface area contributed by atoms with Crippen LogP contribution in [0.4, 0.5) is 22.0 Å². The molecule has 3 aromatic rings. The van der Waals surface area contributed by atoms with Crippen LogP contribution in [0.2, 0.25) is 0 Å². The first-order valence-corrected chi connectivity index (χ1v) is 9.40. The summed E-state index contributed by atoms with van der Waals surface area (Å²) in [5.41, 5.74) is -1.71. The van der Waals surface area contributed by atoms with Gasteiger partial charge in [0, 0.05) is 22.5 Å². The molecule has 0 aliphatic heterocycles. The third kappa shape index (κ3) is 4.82. The van der Waals surface area contributed by atoms with Crippen LogP contribution in [0.1, 0.15) is 21.5 Å². The number of pyridine rings is 1. The van der Waals surface area contributed by atoms with E-state index in [9.17, 15) is 36.6 Å². The summed E-state index contributed by atoms with van der Waals surface area (Å²) in [7, 11) is 0. The molecule has 1 amide bonds. The standard InChI is InChI=1S/C20H12BrF5N2O3/c21-12-5-4-9(11-7-10(20(24,25)26)8-27-17(11)12)6-15(19(30)31)28-18(29)16-13(22)2-1-3-14(16)23/h1-5,7-8,15H,6H2,(H,28,29)(H,30,31)/t15-/m0/s1. The molecule has 2 aromatic carbocycles. The molecule has 11 heteroatoms. The van der Waals surface area contributed by atoms with Gasteiger partial charge in [-0.15, -0.1) is 0 Å². The van der Waals surface area contributed by atoms with E-state index in [1.54, 1.807) is 0 Å². The number of nitrogens with zero attached hydrogens (tertiary/aromatic N) is 1. The van der Waals surface area contributed by atoms with Crippen LogP contribution in [0.3, 0.4) is 0 Å². The molecule has 0 bridgehead atoms. The first-order chi connectivity index (χ1) is 14.5. The van der Waals surface area contributed by atoms with Crippen LogP contribution in [-0.4, -0.2) is 28.0 Å². The van der Waals surface area contributed by atoms with E-state index in [0.717, 1.165) is 24.3 Å². The summed E-state index contributed by atoms with van der Waals surface area (Å²) in [4.78, 5) is 27.7. The smallest absolute Gasteiger partial charge is 0.417 e. The summed E-state index contributed by atoms with van der Waals surface area (Å²) in [6.07, 6.45) is -4.48. The van der Waals surface area contributed by atoms with Gasteiger partial charge in [0.1, 0.15) is 23.2 Å². The minimum atomic E-state index is -4.68. The normalized spacial score (nSPS) is 12.6. The molecule has 1 heterocycles. The van der Waals surface area contributed by atoms with E-state index < -0.39 is 53.3 Å². The number of rotatable bonds is 5. The Balaban J connectivity index is 1.99. The third-order valence-electron chi connectivity index (χ3n) is 4.44. The van der Waals surface area contributed by atoms with Gasteiger partial charge in [-0.3, -0.25) is 9.78 Å². The molecule has 31 heavy (non-hydrogen) atoms. The average molecular weight is 503 g/mol. The van der Waals surface area contributed by atoms with Gasteiger partial charge in [0.25, 0.3) is 5.91 Å². The quantitative estimate of drug-likeness (QED) is 0.495. The summed E-state index contributed by atoms with van der Waals surface area (Å²) in [6.45, 7) is 0. The zero-order valence-electron chi connectivity index (χ0n) is 15.3. The molecule has 0 radical (unpaired) electrons. The van der Waals surface area contributed by atoms with E-state index in [1.165, 1.54) is 12.1 Å². The molecule has 0 aliphatic carbocycles. The van der Waals surface area contributed by atoms with E-state index in [-0.39, 0.29) is 16.5 Å². The second kappa shape index (κ2) is 8.58. The highest BCUT2D eigenvalue weighted by Gasteiger charge is 2.32. The molecule has 0 spiro atoms. The zero-order chi connectivity index (χ0) is 22.9. The zero-order valence-corrected chi connectivity index (χ0v) is 16.9. The van der Waals surface area contributed by atoms with Crippen molar-refractivity contribution in [2.45, 2.75) is 18.6 Å². The molecule has 1 atom stereocenters. The van der Waals surface area contributed by atoms with Gasteiger partial charge in [0.15, 0.2) is 0 Å². The maximum absolute atomic E-state index is 13.8. The Morgan fingerprint density at radius 2 is 1.77 bits per heavy atom. The Bertz CT molecular complexity index is 1160. The Morgan fingerprint density at radius 3 is 2.35 bits per heavy atom. The van der Waals surface area contributed by atoms with Crippen molar-refractivity contribution >= 4 is 38.7 Å². The van der Waals surface area contributed by atoms with E-state index in [2.05, 4.69) is 20.9 Å². The van der Waals surface area contributed by atoms with Crippen molar-refractivity contribution in [3.63, 3.8) is 0 Å². The summed E-state index contributed by atoms with van der Waals surface area (Å²) in [5.74, 6) is -5.22. The number of benzene rings is 2. The number of aliphatic carboxylic acids is 1. The molecule has 0 unspecified atom stereocenters. The lowest BCUT2D eigenvalue weighted by Crippen LogP contribution is -2.43. The van der Waals surface area contributed by atoms with E-state index >= 15 is 0 Å². The molecule has 0 saturated carbocycles. The maximum atomic E-state index is 13.8. The Hall–Kier alpha value is -3.08. The molecule has 0 fully saturated rings. The van der Waals surface area contributed by atoms with E-state index in [4.69, 9.17) is 0 Å². The molecular formula is C20H12BrF5N2O3. The lowest BCUT2D eigenvalue weighted by atomic mass is 9.99. The molecule has 0 aliphatic rings. The fraction of sp³-hybridized carbons (Fsp3) is 0.150. The molecule has 5 nitrogen and oxygen atoms in total. The van der Waals surface area contributed by atoms with Gasteiger partial charge in [0.2, 0.25) is 0 Å². The SMILES string of the molecule is O=C(N[C@@H](Cc1ccc(Br)c2ncc(C(F)(F)F)cc12)C(=O)O)c1c(F)cccc1F. The monoisotopic (exact) mass is 502 g/mol.